The molecule has 3 aromatic carbocycles. The van der Waals surface area contributed by atoms with Crippen molar-refractivity contribution in [2.45, 2.75) is 0 Å². The molecule has 138 valence electrons. The number of halogens is 2. The molecule has 0 aliphatic rings. The molecule has 0 bridgehead atoms. The van der Waals surface area contributed by atoms with E-state index in [1.165, 1.54) is 28.5 Å². The number of nitrogens with zero attached hydrogens (tertiary/aromatic N) is 3. The maximum atomic E-state index is 13.5. The van der Waals surface area contributed by atoms with Crippen LogP contribution < -0.4 is 5.01 Å². The van der Waals surface area contributed by atoms with E-state index in [2.05, 4.69) is 26.0 Å². The molecular formula is C21H13BrFN3OS. The van der Waals surface area contributed by atoms with Crippen LogP contribution in [0.1, 0.15) is 15.9 Å². The van der Waals surface area contributed by atoms with Crippen molar-refractivity contribution >= 4 is 54.7 Å². The molecule has 7 heteroatoms. The van der Waals surface area contributed by atoms with Gasteiger partial charge in [-0.25, -0.2) is 9.37 Å². The van der Waals surface area contributed by atoms with Crippen LogP contribution in [0.15, 0.2) is 82.4 Å². The van der Waals surface area contributed by atoms with Crippen molar-refractivity contribution in [1.29, 1.82) is 0 Å². The van der Waals surface area contributed by atoms with Crippen LogP contribution in [0.2, 0.25) is 0 Å². The van der Waals surface area contributed by atoms with Gasteiger partial charge in [-0.15, -0.1) is 0 Å². The summed E-state index contributed by atoms with van der Waals surface area (Å²) in [5, 5.41) is 6.01. The molecule has 1 amide bonds. The molecule has 0 N–H and O–H groups in total. The third kappa shape index (κ3) is 4.00. The predicted molar refractivity (Wildman–Crippen MR) is 115 cm³/mol. The third-order valence-corrected chi connectivity index (χ3v) is 5.39. The summed E-state index contributed by atoms with van der Waals surface area (Å²) in [5.74, 6) is -0.673. The first-order chi connectivity index (χ1) is 13.6. The summed E-state index contributed by atoms with van der Waals surface area (Å²) < 4.78 is 15.0. The second-order valence-electron chi connectivity index (χ2n) is 5.89. The highest BCUT2D eigenvalue weighted by atomic mass is 79.9. The van der Waals surface area contributed by atoms with Gasteiger partial charge in [-0.2, -0.15) is 10.1 Å². The maximum Gasteiger partial charge on any atom is 0.280 e. The number of carbonyl (C=O) groups excluding carboxylic acids is 1. The summed E-state index contributed by atoms with van der Waals surface area (Å²) >= 11 is 4.59. The highest BCUT2D eigenvalue weighted by Crippen LogP contribution is 2.30. The number of carbonyl (C=O) groups is 1. The summed E-state index contributed by atoms with van der Waals surface area (Å²) in [4.78, 5) is 17.6. The van der Waals surface area contributed by atoms with Crippen molar-refractivity contribution in [2.24, 2.45) is 5.10 Å². The van der Waals surface area contributed by atoms with E-state index < -0.39 is 0 Å². The van der Waals surface area contributed by atoms with Gasteiger partial charge in [-0.1, -0.05) is 63.7 Å². The number of amides is 1. The van der Waals surface area contributed by atoms with Crippen molar-refractivity contribution in [1.82, 2.24) is 4.98 Å². The minimum absolute atomic E-state index is 0.326. The number of hydrogen-bond donors (Lipinski definition) is 0. The number of anilines is 1. The molecule has 1 aromatic heterocycles. The summed E-state index contributed by atoms with van der Waals surface area (Å²) in [7, 11) is 0. The molecule has 0 aliphatic carbocycles. The second kappa shape index (κ2) is 8.00. The Balaban J connectivity index is 1.77. The fourth-order valence-corrected chi connectivity index (χ4v) is 3.92. The molecule has 0 atom stereocenters. The van der Waals surface area contributed by atoms with Gasteiger partial charge in [0.2, 0.25) is 5.13 Å². The van der Waals surface area contributed by atoms with Gasteiger partial charge in [0.25, 0.3) is 5.91 Å². The van der Waals surface area contributed by atoms with Crippen LogP contribution in [0.5, 0.6) is 0 Å². The lowest BCUT2D eigenvalue weighted by molar-refractivity contribution is 0.0988. The SMILES string of the molecule is O=C(c1cccc(Br)c1)N(/N=C/c1ccccc1)c1nc2ccc(F)cc2s1. The zero-order chi connectivity index (χ0) is 19.5. The number of rotatable bonds is 4. The molecular weight excluding hydrogens is 441 g/mol. The molecule has 0 spiro atoms. The Kier molecular flexibility index (Phi) is 5.27. The molecule has 0 aliphatic heterocycles. The Morgan fingerprint density at radius 3 is 2.68 bits per heavy atom. The monoisotopic (exact) mass is 453 g/mol. The van der Waals surface area contributed by atoms with Crippen LogP contribution in [0.3, 0.4) is 0 Å². The van der Waals surface area contributed by atoms with Crippen molar-refractivity contribution in [3.05, 3.63) is 94.2 Å². The summed E-state index contributed by atoms with van der Waals surface area (Å²) in [6.45, 7) is 0. The molecule has 0 unspecified atom stereocenters. The Bertz CT molecular complexity index is 1180. The number of aromatic nitrogens is 1. The predicted octanol–water partition coefficient (Wildman–Crippen LogP) is 5.88. The number of fused-ring (bicyclic) bond motifs is 1. The van der Waals surface area contributed by atoms with Crippen LogP contribution in [-0.2, 0) is 0 Å². The number of benzene rings is 3. The molecule has 0 fully saturated rings. The average Bonchev–Trinajstić information content (AvgIpc) is 3.11. The van der Waals surface area contributed by atoms with Crippen molar-refractivity contribution in [2.75, 3.05) is 5.01 Å². The Hall–Kier alpha value is -2.90. The van der Waals surface area contributed by atoms with Crippen LogP contribution in [0.25, 0.3) is 10.2 Å². The van der Waals surface area contributed by atoms with Gasteiger partial charge in [0, 0.05) is 10.0 Å². The van der Waals surface area contributed by atoms with Crippen LogP contribution >= 0.6 is 27.3 Å². The summed E-state index contributed by atoms with van der Waals surface area (Å²) in [6, 6.07) is 20.9. The Morgan fingerprint density at radius 1 is 1.07 bits per heavy atom. The molecule has 4 nitrogen and oxygen atoms in total. The Labute approximate surface area is 173 Å². The van der Waals surface area contributed by atoms with Gasteiger partial charge < -0.3 is 0 Å². The van der Waals surface area contributed by atoms with Crippen LogP contribution in [0.4, 0.5) is 9.52 Å². The normalized spacial score (nSPS) is 11.2. The van der Waals surface area contributed by atoms with E-state index in [-0.39, 0.29) is 11.7 Å². The van der Waals surface area contributed by atoms with Crippen LogP contribution in [0, 0.1) is 5.82 Å². The van der Waals surface area contributed by atoms with Gasteiger partial charge in [0.1, 0.15) is 5.82 Å². The molecule has 0 saturated carbocycles. The fraction of sp³-hybridized carbons (Fsp3) is 0. The first-order valence-corrected chi connectivity index (χ1v) is 9.96. The topological polar surface area (TPSA) is 45.6 Å². The number of thiazole rings is 1. The standard InChI is InChI=1S/C21H13BrFN3OS/c22-16-8-4-7-15(11-16)20(27)26(24-13-14-5-2-1-3-6-14)21-25-18-10-9-17(23)12-19(18)28-21/h1-13H/b24-13+. The molecule has 1 heterocycles. The quantitative estimate of drug-likeness (QED) is 0.286. The molecule has 0 radical (unpaired) electrons. The Morgan fingerprint density at radius 2 is 1.89 bits per heavy atom. The minimum atomic E-state index is -0.347. The summed E-state index contributed by atoms with van der Waals surface area (Å²) in [5.41, 5.74) is 1.93. The first-order valence-electron chi connectivity index (χ1n) is 8.35. The zero-order valence-corrected chi connectivity index (χ0v) is 16.8. The van der Waals surface area contributed by atoms with Crippen molar-refractivity contribution < 1.29 is 9.18 Å². The van der Waals surface area contributed by atoms with Gasteiger partial charge in [0.05, 0.1) is 16.4 Å². The van der Waals surface area contributed by atoms with E-state index in [0.717, 1.165) is 10.0 Å². The van der Waals surface area contributed by atoms with Gasteiger partial charge in [-0.05, 0) is 42.0 Å². The fourth-order valence-electron chi connectivity index (χ4n) is 2.57. The van der Waals surface area contributed by atoms with Gasteiger partial charge >= 0.3 is 0 Å². The molecule has 0 saturated heterocycles. The zero-order valence-electron chi connectivity index (χ0n) is 14.4. The molecule has 28 heavy (non-hydrogen) atoms. The third-order valence-electron chi connectivity index (χ3n) is 3.91. The van der Waals surface area contributed by atoms with E-state index >= 15 is 0 Å². The minimum Gasteiger partial charge on any atom is -0.267 e. The second-order valence-corrected chi connectivity index (χ2v) is 7.82. The highest BCUT2D eigenvalue weighted by Gasteiger charge is 2.21. The lowest BCUT2D eigenvalue weighted by Crippen LogP contribution is -2.25. The highest BCUT2D eigenvalue weighted by molar-refractivity contribution is 9.10. The average molecular weight is 454 g/mol. The van der Waals surface area contributed by atoms with Crippen molar-refractivity contribution in [3.63, 3.8) is 0 Å². The van der Waals surface area contributed by atoms with Gasteiger partial charge in [0.15, 0.2) is 0 Å². The number of hydrazone groups is 1. The first kappa shape index (κ1) is 18.5. The van der Waals surface area contributed by atoms with Crippen molar-refractivity contribution in [3.8, 4) is 0 Å². The van der Waals surface area contributed by atoms with Gasteiger partial charge in [-0.3, -0.25) is 4.79 Å². The van der Waals surface area contributed by atoms with Crippen LogP contribution in [-0.4, -0.2) is 17.1 Å². The van der Waals surface area contributed by atoms with E-state index in [0.29, 0.717) is 20.9 Å². The molecule has 4 rings (SSSR count). The van der Waals surface area contributed by atoms with E-state index in [1.54, 1.807) is 30.5 Å². The maximum absolute atomic E-state index is 13.5. The number of hydrogen-bond acceptors (Lipinski definition) is 4. The molecule has 4 aromatic rings. The lowest BCUT2D eigenvalue weighted by atomic mass is 10.2. The van der Waals surface area contributed by atoms with E-state index in [1.807, 2.05) is 36.4 Å². The smallest absolute Gasteiger partial charge is 0.267 e. The lowest BCUT2D eigenvalue weighted by Gasteiger charge is -2.14. The summed E-state index contributed by atoms with van der Waals surface area (Å²) in [6.07, 6.45) is 1.60. The van der Waals surface area contributed by atoms with E-state index in [9.17, 15) is 9.18 Å². The largest absolute Gasteiger partial charge is 0.280 e. The van der Waals surface area contributed by atoms with E-state index in [4.69, 9.17) is 0 Å².